The van der Waals surface area contributed by atoms with Crippen molar-refractivity contribution in [2.75, 3.05) is 13.7 Å². The summed E-state index contributed by atoms with van der Waals surface area (Å²) in [4.78, 5) is 26.0. The predicted molar refractivity (Wildman–Crippen MR) is 106 cm³/mol. The Balaban J connectivity index is 1.85. The number of urea groups is 1. The van der Waals surface area contributed by atoms with Crippen LogP contribution >= 0.6 is 11.6 Å². The Bertz CT molecular complexity index is 980. The highest BCUT2D eigenvalue weighted by Crippen LogP contribution is 2.37. The van der Waals surface area contributed by atoms with E-state index in [1.165, 1.54) is 13.2 Å². The third-order valence-corrected chi connectivity index (χ3v) is 4.29. The summed E-state index contributed by atoms with van der Waals surface area (Å²) in [5.74, 6) is 2.62. The first-order valence-electron chi connectivity index (χ1n) is 8.35. The zero-order valence-electron chi connectivity index (χ0n) is 15.1. The van der Waals surface area contributed by atoms with E-state index in [1.54, 1.807) is 12.1 Å². The fourth-order valence-electron chi connectivity index (χ4n) is 2.72. The number of rotatable bonds is 6. The molecule has 1 fully saturated rings. The number of halogens is 1. The molecular weight excluding hydrogens is 380 g/mol. The van der Waals surface area contributed by atoms with Gasteiger partial charge in [0, 0.05) is 0 Å². The van der Waals surface area contributed by atoms with E-state index in [0.717, 1.165) is 10.5 Å². The van der Waals surface area contributed by atoms with Gasteiger partial charge in [-0.2, -0.15) is 0 Å². The van der Waals surface area contributed by atoms with Crippen LogP contribution in [0, 0.1) is 12.3 Å². The van der Waals surface area contributed by atoms with Gasteiger partial charge < -0.3 is 14.8 Å². The Morgan fingerprint density at radius 2 is 2.00 bits per heavy atom. The van der Waals surface area contributed by atoms with Gasteiger partial charge in [0.05, 0.1) is 18.7 Å². The average Bonchev–Trinajstić information content (AvgIpc) is 2.95. The highest BCUT2D eigenvalue weighted by Gasteiger charge is 2.33. The molecule has 0 aromatic heterocycles. The van der Waals surface area contributed by atoms with Gasteiger partial charge in [-0.3, -0.25) is 9.69 Å². The van der Waals surface area contributed by atoms with Crippen molar-refractivity contribution in [3.05, 3.63) is 64.3 Å². The summed E-state index contributed by atoms with van der Waals surface area (Å²) < 4.78 is 10.7. The van der Waals surface area contributed by atoms with Crippen molar-refractivity contribution in [3.8, 4) is 23.8 Å². The predicted octanol–water partition coefficient (Wildman–Crippen LogP) is 3.45. The van der Waals surface area contributed by atoms with Crippen LogP contribution in [0.5, 0.6) is 11.5 Å². The number of carbonyl (C=O) groups excluding carboxylic acids is 2. The maximum atomic E-state index is 12.6. The van der Waals surface area contributed by atoms with Gasteiger partial charge in [0.1, 0.15) is 12.3 Å². The minimum absolute atomic E-state index is 0.0412. The van der Waals surface area contributed by atoms with Gasteiger partial charge in [-0.05, 0) is 29.3 Å². The number of hydrogen-bond donors (Lipinski definition) is 1. The minimum Gasteiger partial charge on any atom is -0.493 e. The first kappa shape index (κ1) is 19.3. The third-order valence-electron chi connectivity index (χ3n) is 4.01. The third kappa shape index (κ3) is 4.11. The lowest BCUT2D eigenvalue weighted by Gasteiger charge is -2.12. The molecule has 3 rings (SSSR count). The number of carbonyl (C=O) groups is 2. The van der Waals surface area contributed by atoms with Gasteiger partial charge in [-0.1, -0.05) is 47.9 Å². The van der Waals surface area contributed by atoms with E-state index in [-0.39, 0.29) is 23.9 Å². The van der Waals surface area contributed by atoms with Crippen LogP contribution in [0.3, 0.4) is 0 Å². The molecule has 6 nitrogen and oxygen atoms in total. The molecule has 1 heterocycles. The molecule has 28 heavy (non-hydrogen) atoms. The molecule has 0 saturated carbocycles. The molecule has 0 unspecified atom stereocenters. The number of amides is 3. The summed E-state index contributed by atoms with van der Waals surface area (Å²) in [5.41, 5.74) is 1.57. The zero-order chi connectivity index (χ0) is 20.1. The summed E-state index contributed by atoms with van der Waals surface area (Å²) in [7, 11) is 1.47. The van der Waals surface area contributed by atoms with E-state index in [0.29, 0.717) is 17.1 Å². The molecule has 142 valence electrons. The van der Waals surface area contributed by atoms with Crippen LogP contribution in [0.25, 0.3) is 6.08 Å². The van der Waals surface area contributed by atoms with Crippen molar-refractivity contribution < 1.29 is 19.1 Å². The average molecular weight is 397 g/mol. The SMILES string of the molecule is C#CCOc1c(Cl)cc(/C=C2/NC(=O)N(Cc3ccccc3)C2=O)cc1OC. The molecule has 7 heteroatoms. The standard InChI is InChI=1S/C21H17ClN2O4/c1-3-9-28-19-16(22)10-15(12-18(19)27-2)11-17-20(25)24(21(26)23-17)13-14-7-5-4-6-8-14/h1,4-8,10-12H,9,13H2,2H3,(H,23,26)/b17-11+. The van der Waals surface area contributed by atoms with E-state index in [4.69, 9.17) is 27.5 Å². The first-order valence-corrected chi connectivity index (χ1v) is 8.73. The first-order chi connectivity index (χ1) is 13.5. The molecule has 2 aromatic rings. The molecule has 1 saturated heterocycles. The molecular formula is C21H17ClN2O4. The number of imide groups is 1. The second-order valence-corrected chi connectivity index (χ2v) is 6.30. The molecule has 0 radical (unpaired) electrons. The van der Waals surface area contributed by atoms with Crippen LogP contribution in [-0.4, -0.2) is 30.6 Å². The molecule has 3 amide bonds. The summed E-state index contributed by atoms with van der Waals surface area (Å²) in [5, 5.41) is 2.86. The van der Waals surface area contributed by atoms with Crippen molar-refractivity contribution in [2.24, 2.45) is 0 Å². The van der Waals surface area contributed by atoms with Crippen LogP contribution < -0.4 is 14.8 Å². The monoisotopic (exact) mass is 396 g/mol. The maximum absolute atomic E-state index is 12.6. The Hall–Kier alpha value is -3.43. The highest BCUT2D eigenvalue weighted by atomic mass is 35.5. The van der Waals surface area contributed by atoms with Crippen LogP contribution in [0.2, 0.25) is 5.02 Å². The minimum atomic E-state index is -0.480. The highest BCUT2D eigenvalue weighted by molar-refractivity contribution is 6.32. The number of nitrogens with zero attached hydrogens (tertiary/aromatic N) is 1. The molecule has 0 atom stereocenters. The van der Waals surface area contributed by atoms with Crippen molar-refractivity contribution >= 4 is 29.6 Å². The van der Waals surface area contributed by atoms with Gasteiger partial charge in [0.2, 0.25) is 0 Å². The Morgan fingerprint density at radius 1 is 1.25 bits per heavy atom. The van der Waals surface area contributed by atoms with Crippen molar-refractivity contribution in [2.45, 2.75) is 6.54 Å². The molecule has 1 aliphatic rings. The summed E-state index contributed by atoms with van der Waals surface area (Å²) in [6, 6.07) is 12.0. The maximum Gasteiger partial charge on any atom is 0.329 e. The number of methoxy groups -OCH3 is 1. The molecule has 0 spiro atoms. The van der Waals surface area contributed by atoms with Crippen LogP contribution in [0.15, 0.2) is 48.2 Å². The van der Waals surface area contributed by atoms with Gasteiger partial charge in [0.15, 0.2) is 11.5 Å². The van der Waals surface area contributed by atoms with Crippen LogP contribution in [0.1, 0.15) is 11.1 Å². The fourth-order valence-corrected chi connectivity index (χ4v) is 3.00. The number of ether oxygens (including phenoxy) is 2. The molecule has 1 N–H and O–H groups in total. The van der Waals surface area contributed by atoms with E-state index in [9.17, 15) is 9.59 Å². The van der Waals surface area contributed by atoms with Crippen molar-refractivity contribution in [1.29, 1.82) is 0 Å². The largest absolute Gasteiger partial charge is 0.493 e. The van der Waals surface area contributed by atoms with E-state index in [2.05, 4.69) is 11.2 Å². The van der Waals surface area contributed by atoms with Gasteiger partial charge in [-0.15, -0.1) is 6.42 Å². The second-order valence-electron chi connectivity index (χ2n) is 5.89. The zero-order valence-corrected chi connectivity index (χ0v) is 15.8. The second kappa shape index (κ2) is 8.51. The summed E-state index contributed by atoms with van der Waals surface area (Å²) in [6.07, 6.45) is 6.73. The summed E-state index contributed by atoms with van der Waals surface area (Å²) in [6.45, 7) is 0.227. The van der Waals surface area contributed by atoms with Crippen molar-refractivity contribution in [1.82, 2.24) is 10.2 Å². The summed E-state index contributed by atoms with van der Waals surface area (Å²) >= 11 is 6.25. The Labute approximate surface area is 167 Å². The lowest BCUT2D eigenvalue weighted by Crippen LogP contribution is -2.30. The normalized spacial score (nSPS) is 14.8. The van der Waals surface area contributed by atoms with E-state index < -0.39 is 11.9 Å². The van der Waals surface area contributed by atoms with Crippen LogP contribution in [-0.2, 0) is 11.3 Å². The molecule has 1 aliphatic heterocycles. The Morgan fingerprint density at radius 3 is 2.68 bits per heavy atom. The van der Waals surface area contributed by atoms with Gasteiger partial charge in [-0.25, -0.2) is 4.79 Å². The number of nitrogens with one attached hydrogen (secondary N) is 1. The van der Waals surface area contributed by atoms with E-state index >= 15 is 0 Å². The van der Waals surface area contributed by atoms with Crippen molar-refractivity contribution in [3.63, 3.8) is 0 Å². The van der Waals surface area contributed by atoms with Gasteiger partial charge >= 0.3 is 6.03 Å². The number of benzene rings is 2. The quantitative estimate of drug-likeness (QED) is 0.461. The molecule has 0 aliphatic carbocycles. The van der Waals surface area contributed by atoms with Crippen LogP contribution in [0.4, 0.5) is 4.79 Å². The number of hydrogen-bond acceptors (Lipinski definition) is 4. The lowest BCUT2D eigenvalue weighted by molar-refractivity contribution is -0.123. The topological polar surface area (TPSA) is 67.9 Å². The Kier molecular flexibility index (Phi) is 5.87. The lowest BCUT2D eigenvalue weighted by atomic mass is 10.1. The smallest absolute Gasteiger partial charge is 0.329 e. The fraction of sp³-hybridized carbons (Fsp3) is 0.143. The van der Waals surface area contributed by atoms with Gasteiger partial charge in [0.25, 0.3) is 5.91 Å². The molecule has 0 bridgehead atoms. The number of terminal acetylenes is 1. The molecule has 2 aromatic carbocycles. The van der Waals surface area contributed by atoms with E-state index in [1.807, 2.05) is 30.3 Å².